The largest absolute Gasteiger partial charge is 0.494 e. The number of aliphatic carboxylic acids is 1. The number of carboxylic acid groups (broad SMARTS) is 1. The first-order chi connectivity index (χ1) is 9.11. The number of benzene rings is 1. The van der Waals surface area contributed by atoms with Gasteiger partial charge in [-0.25, -0.2) is 10.3 Å². The molecule has 102 valence electrons. The second kappa shape index (κ2) is 7.88. The summed E-state index contributed by atoms with van der Waals surface area (Å²) in [6.07, 6.45) is 2.83. The van der Waals surface area contributed by atoms with E-state index in [1.807, 2.05) is 12.4 Å². The average molecular weight is 265 g/mol. The van der Waals surface area contributed by atoms with E-state index < -0.39 is 18.5 Å². The van der Waals surface area contributed by atoms with Gasteiger partial charge in [0, 0.05) is 6.08 Å². The van der Waals surface area contributed by atoms with Gasteiger partial charge in [-0.3, -0.25) is 9.63 Å². The lowest BCUT2D eigenvalue weighted by molar-refractivity contribution is -0.147. The molecular formula is C13H15NO5. The number of rotatable bonds is 7. The fraction of sp³-hybridized carbons (Fsp3) is 0.231. The van der Waals surface area contributed by atoms with Crippen molar-refractivity contribution in [2.24, 2.45) is 0 Å². The van der Waals surface area contributed by atoms with Crippen molar-refractivity contribution in [2.45, 2.75) is 6.92 Å². The molecule has 0 aliphatic rings. The Kier molecular flexibility index (Phi) is 6.11. The molecule has 1 amide bonds. The third-order valence-corrected chi connectivity index (χ3v) is 1.99. The zero-order chi connectivity index (χ0) is 14.1. The Morgan fingerprint density at radius 2 is 2.00 bits per heavy atom. The molecule has 0 unspecified atom stereocenters. The molecule has 0 fully saturated rings. The van der Waals surface area contributed by atoms with Crippen molar-refractivity contribution in [3.63, 3.8) is 0 Å². The highest BCUT2D eigenvalue weighted by molar-refractivity contribution is 5.91. The first-order valence-electron chi connectivity index (χ1n) is 5.66. The number of carboxylic acids is 1. The Bertz CT molecular complexity index is 453. The van der Waals surface area contributed by atoms with Crippen LogP contribution < -0.4 is 10.2 Å². The van der Waals surface area contributed by atoms with Crippen molar-refractivity contribution in [2.75, 3.05) is 13.2 Å². The maximum Gasteiger partial charge on any atom is 0.332 e. The molecule has 0 spiro atoms. The van der Waals surface area contributed by atoms with Crippen LogP contribution in [0.1, 0.15) is 12.5 Å². The predicted molar refractivity (Wildman–Crippen MR) is 68.4 cm³/mol. The monoisotopic (exact) mass is 265 g/mol. The van der Waals surface area contributed by atoms with Gasteiger partial charge in [-0.1, -0.05) is 12.1 Å². The molecular weight excluding hydrogens is 250 g/mol. The molecule has 0 bridgehead atoms. The lowest BCUT2D eigenvalue weighted by Crippen LogP contribution is -2.24. The van der Waals surface area contributed by atoms with Crippen LogP contribution >= 0.6 is 0 Å². The molecule has 0 saturated carbocycles. The zero-order valence-corrected chi connectivity index (χ0v) is 10.5. The molecule has 1 rings (SSSR count). The highest BCUT2D eigenvalue weighted by atomic mass is 16.7. The van der Waals surface area contributed by atoms with Crippen LogP contribution in [0.25, 0.3) is 6.08 Å². The third kappa shape index (κ3) is 6.23. The lowest BCUT2D eigenvalue weighted by Gasteiger charge is -2.02. The molecule has 6 heteroatoms. The molecule has 19 heavy (non-hydrogen) atoms. The molecule has 0 aromatic heterocycles. The van der Waals surface area contributed by atoms with Crippen LogP contribution in [-0.2, 0) is 14.4 Å². The fourth-order valence-electron chi connectivity index (χ4n) is 1.22. The molecule has 6 nitrogen and oxygen atoms in total. The fourth-order valence-corrected chi connectivity index (χ4v) is 1.22. The Balaban J connectivity index is 2.42. The van der Waals surface area contributed by atoms with Crippen LogP contribution in [0.3, 0.4) is 0 Å². The number of hydrogen-bond acceptors (Lipinski definition) is 4. The SMILES string of the molecule is CCOc1ccc(C=CC(=O)NOCC(=O)O)cc1. The first-order valence-corrected chi connectivity index (χ1v) is 5.66. The Morgan fingerprint density at radius 3 is 2.58 bits per heavy atom. The highest BCUT2D eigenvalue weighted by Gasteiger charge is 1.99. The van der Waals surface area contributed by atoms with Crippen LogP contribution in [0.4, 0.5) is 0 Å². The van der Waals surface area contributed by atoms with Gasteiger partial charge in [0.05, 0.1) is 6.61 Å². The number of hydrogen-bond donors (Lipinski definition) is 2. The Hall–Kier alpha value is -2.34. The van der Waals surface area contributed by atoms with Crippen molar-refractivity contribution >= 4 is 18.0 Å². The van der Waals surface area contributed by atoms with E-state index >= 15 is 0 Å². The van der Waals surface area contributed by atoms with Crippen molar-refractivity contribution in [3.05, 3.63) is 35.9 Å². The second-order valence-electron chi connectivity index (χ2n) is 3.48. The van der Waals surface area contributed by atoms with Gasteiger partial charge in [0.25, 0.3) is 5.91 Å². The number of amides is 1. The number of ether oxygens (including phenoxy) is 1. The maximum absolute atomic E-state index is 11.2. The third-order valence-electron chi connectivity index (χ3n) is 1.99. The van der Waals surface area contributed by atoms with E-state index in [1.54, 1.807) is 30.3 Å². The minimum Gasteiger partial charge on any atom is -0.494 e. The molecule has 0 saturated heterocycles. The van der Waals surface area contributed by atoms with E-state index in [0.29, 0.717) is 6.61 Å². The Labute approximate surface area is 110 Å². The van der Waals surface area contributed by atoms with Crippen molar-refractivity contribution < 1.29 is 24.3 Å². The van der Waals surface area contributed by atoms with Crippen LogP contribution in [0.15, 0.2) is 30.3 Å². The van der Waals surface area contributed by atoms with Gasteiger partial charge in [-0.05, 0) is 30.7 Å². The quantitative estimate of drug-likeness (QED) is 0.572. The zero-order valence-electron chi connectivity index (χ0n) is 10.5. The number of carbonyl (C=O) groups is 2. The summed E-state index contributed by atoms with van der Waals surface area (Å²) < 4.78 is 5.28. The molecule has 0 heterocycles. The van der Waals surface area contributed by atoms with E-state index in [-0.39, 0.29) is 0 Å². The second-order valence-corrected chi connectivity index (χ2v) is 3.48. The van der Waals surface area contributed by atoms with Crippen LogP contribution in [-0.4, -0.2) is 30.2 Å². The number of hydroxylamine groups is 1. The predicted octanol–water partition coefficient (Wildman–Crippen LogP) is 1.23. The first kappa shape index (κ1) is 14.7. The molecule has 0 aliphatic carbocycles. The van der Waals surface area contributed by atoms with Crippen molar-refractivity contribution in [3.8, 4) is 5.75 Å². The lowest BCUT2D eigenvalue weighted by atomic mass is 10.2. The molecule has 0 aliphatic heterocycles. The number of nitrogens with one attached hydrogen (secondary N) is 1. The molecule has 2 N–H and O–H groups in total. The van der Waals surface area contributed by atoms with Gasteiger partial charge in [0.15, 0.2) is 6.61 Å². The maximum atomic E-state index is 11.2. The summed E-state index contributed by atoms with van der Waals surface area (Å²) in [5.41, 5.74) is 2.80. The molecule has 0 radical (unpaired) electrons. The summed E-state index contributed by atoms with van der Waals surface area (Å²) in [4.78, 5) is 25.8. The smallest absolute Gasteiger partial charge is 0.332 e. The summed E-state index contributed by atoms with van der Waals surface area (Å²) in [6, 6.07) is 7.18. The molecule has 1 aromatic carbocycles. The van der Waals surface area contributed by atoms with E-state index in [9.17, 15) is 9.59 Å². The highest BCUT2D eigenvalue weighted by Crippen LogP contribution is 2.12. The van der Waals surface area contributed by atoms with Gasteiger partial charge in [-0.15, -0.1) is 0 Å². The average Bonchev–Trinajstić information content (AvgIpc) is 2.38. The van der Waals surface area contributed by atoms with Crippen molar-refractivity contribution in [1.29, 1.82) is 0 Å². The van der Waals surface area contributed by atoms with E-state index in [4.69, 9.17) is 9.84 Å². The molecule has 0 atom stereocenters. The van der Waals surface area contributed by atoms with E-state index in [2.05, 4.69) is 4.84 Å². The normalized spacial score (nSPS) is 10.4. The molecule has 1 aromatic rings. The minimum absolute atomic E-state index is 0.532. The van der Waals surface area contributed by atoms with Gasteiger partial charge >= 0.3 is 5.97 Å². The summed E-state index contributed by atoms with van der Waals surface area (Å²) in [6.45, 7) is 1.91. The van der Waals surface area contributed by atoms with Crippen LogP contribution in [0.2, 0.25) is 0 Å². The van der Waals surface area contributed by atoms with Crippen LogP contribution in [0.5, 0.6) is 5.75 Å². The summed E-state index contributed by atoms with van der Waals surface area (Å²) in [5, 5.41) is 8.30. The number of carbonyl (C=O) groups excluding carboxylic acids is 1. The van der Waals surface area contributed by atoms with Gasteiger partial charge in [0.2, 0.25) is 0 Å². The van der Waals surface area contributed by atoms with E-state index in [0.717, 1.165) is 11.3 Å². The van der Waals surface area contributed by atoms with Crippen LogP contribution in [0, 0.1) is 0 Å². The topological polar surface area (TPSA) is 84.9 Å². The van der Waals surface area contributed by atoms with Gasteiger partial charge < -0.3 is 9.84 Å². The summed E-state index contributed by atoms with van der Waals surface area (Å²) in [7, 11) is 0. The summed E-state index contributed by atoms with van der Waals surface area (Å²) >= 11 is 0. The van der Waals surface area contributed by atoms with Gasteiger partial charge in [0.1, 0.15) is 5.75 Å². The van der Waals surface area contributed by atoms with Crippen molar-refractivity contribution in [1.82, 2.24) is 5.48 Å². The summed E-state index contributed by atoms with van der Waals surface area (Å²) in [5.74, 6) is -0.931. The minimum atomic E-state index is -1.16. The Morgan fingerprint density at radius 1 is 1.32 bits per heavy atom. The van der Waals surface area contributed by atoms with Gasteiger partial charge in [-0.2, -0.15) is 0 Å². The van der Waals surface area contributed by atoms with E-state index in [1.165, 1.54) is 6.08 Å². The standard InChI is InChI=1S/C13H15NO5/c1-2-18-11-6-3-10(4-7-11)5-8-12(15)14-19-9-13(16)17/h3-8H,2,9H2,1H3,(H,14,15)(H,16,17).